The average Bonchev–Trinajstić information content (AvgIpc) is 3.00. The van der Waals surface area contributed by atoms with E-state index in [2.05, 4.69) is 44.4 Å². The molecule has 6 N–H and O–H groups in total. The molecule has 1 saturated heterocycles. The number of hydrogen-bond donors (Lipinski definition) is 5. The van der Waals surface area contributed by atoms with Crippen LogP contribution in [0.1, 0.15) is 28.9 Å². The molecule has 0 bridgehead atoms. The zero-order valence-electron chi connectivity index (χ0n) is 22.0. The van der Waals surface area contributed by atoms with E-state index in [1.54, 1.807) is 24.3 Å². The Labute approximate surface area is 240 Å². The van der Waals surface area contributed by atoms with Gasteiger partial charge < -0.3 is 21.3 Å². The van der Waals surface area contributed by atoms with Crippen LogP contribution in [0.4, 0.5) is 11.4 Å². The van der Waals surface area contributed by atoms with E-state index in [1.165, 1.54) is 11.2 Å². The monoisotopic (exact) mass is 556 g/mol. The maximum atomic E-state index is 12.6. The van der Waals surface area contributed by atoms with Crippen LogP contribution in [0, 0.1) is 11.8 Å². The Bertz CT molecular complexity index is 1360. The van der Waals surface area contributed by atoms with Gasteiger partial charge in [-0.05, 0) is 60.7 Å². The Kier molecular flexibility index (Phi) is 11.4. The molecule has 1 atom stereocenters. The van der Waals surface area contributed by atoms with E-state index in [9.17, 15) is 14.4 Å². The van der Waals surface area contributed by atoms with Crippen LogP contribution in [0.2, 0.25) is 0 Å². The number of para-hydroxylation sites is 1. The lowest BCUT2D eigenvalue weighted by Gasteiger charge is -2.35. The van der Waals surface area contributed by atoms with Gasteiger partial charge in [-0.3, -0.25) is 24.5 Å². The highest BCUT2D eigenvalue weighted by molar-refractivity contribution is 5.97. The van der Waals surface area contributed by atoms with E-state index >= 15 is 0 Å². The summed E-state index contributed by atoms with van der Waals surface area (Å²) in [7, 11) is 0. The standard InChI is InChI=1S/C30H32N6O4.CH4/c31-20-27(30(39)34-40)33-29(38)24-12-8-22(9-13-24)6-7-23-10-14-25(15-11-23)32-28(37)21-35-16-18-36(19-17-35)26-4-2-1-3-5-26;/h1-5,8-15,27,40H,16-21,31H2,(H,32,37)(H,33,38)(H,34,39);1H4/t27-;/m0./s1. The van der Waals surface area contributed by atoms with Gasteiger partial charge in [0.2, 0.25) is 5.91 Å². The fraction of sp³-hybridized carbons (Fsp3) is 0.258. The minimum absolute atomic E-state index is 0. The van der Waals surface area contributed by atoms with Crippen molar-refractivity contribution in [3.63, 3.8) is 0 Å². The molecule has 0 radical (unpaired) electrons. The zero-order valence-corrected chi connectivity index (χ0v) is 22.0. The topological polar surface area (TPSA) is 140 Å². The van der Waals surface area contributed by atoms with E-state index in [0.717, 1.165) is 31.7 Å². The summed E-state index contributed by atoms with van der Waals surface area (Å²) in [6.45, 7) is 3.63. The van der Waals surface area contributed by atoms with Crippen molar-refractivity contribution in [2.75, 3.05) is 49.5 Å². The number of hydrogen-bond acceptors (Lipinski definition) is 7. The summed E-state index contributed by atoms with van der Waals surface area (Å²) in [6, 6.07) is 23.1. The summed E-state index contributed by atoms with van der Waals surface area (Å²) in [4.78, 5) is 40.9. The minimum Gasteiger partial charge on any atom is -0.369 e. The Balaban J connectivity index is 0.00000462. The highest BCUT2D eigenvalue weighted by Crippen LogP contribution is 2.16. The van der Waals surface area contributed by atoms with Crippen molar-refractivity contribution in [2.24, 2.45) is 5.73 Å². The molecule has 0 unspecified atom stereocenters. The number of carbonyl (C=O) groups is 3. The smallest absolute Gasteiger partial charge is 0.267 e. The molecule has 0 spiro atoms. The number of piperazine rings is 1. The number of nitrogens with two attached hydrogens (primary N) is 1. The van der Waals surface area contributed by atoms with Crippen molar-refractivity contribution in [2.45, 2.75) is 13.5 Å². The molecule has 1 fully saturated rings. The summed E-state index contributed by atoms with van der Waals surface area (Å²) >= 11 is 0. The maximum Gasteiger partial charge on any atom is 0.267 e. The molecule has 1 heterocycles. The molecule has 1 aliphatic heterocycles. The molecule has 3 aromatic carbocycles. The van der Waals surface area contributed by atoms with Gasteiger partial charge in [0.25, 0.3) is 11.8 Å². The summed E-state index contributed by atoms with van der Waals surface area (Å²) in [5.74, 6) is 4.77. The minimum atomic E-state index is -1.04. The fourth-order valence-electron chi connectivity index (χ4n) is 4.24. The van der Waals surface area contributed by atoms with Crippen LogP contribution in [0.3, 0.4) is 0 Å². The van der Waals surface area contributed by atoms with Crippen LogP contribution in [-0.4, -0.2) is 73.1 Å². The van der Waals surface area contributed by atoms with Crippen molar-refractivity contribution in [1.82, 2.24) is 15.7 Å². The number of rotatable bonds is 8. The fourth-order valence-corrected chi connectivity index (χ4v) is 4.24. The van der Waals surface area contributed by atoms with Gasteiger partial charge >= 0.3 is 0 Å². The molecule has 4 rings (SSSR count). The van der Waals surface area contributed by atoms with Gasteiger partial charge in [0.1, 0.15) is 6.04 Å². The third-order valence-corrected chi connectivity index (χ3v) is 6.50. The molecule has 1 aliphatic rings. The van der Waals surface area contributed by atoms with Crippen molar-refractivity contribution in [3.05, 3.63) is 95.6 Å². The highest BCUT2D eigenvalue weighted by atomic mass is 16.5. The lowest BCUT2D eigenvalue weighted by molar-refractivity contribution is -0.130. The predicted molar refractivity (Wildman–Crippen MR) is 160 cm³/mol. The number of amides is 3. The SMILES string of the molecule is C.NC[C@H](NC(=O)c1ccc(C#Cc2ccc(NC(=O)CN3CCN(c4ccccc4)CC3)cc2)cc1)C(=O)NO. The average molecular weight is 557 g/mol. The van der Waals surface area contributed by atoms with Crippen molar-refractivity contribution >= 4 is 29.1 Å². The quantitative estimate of drug-likeness (QED) is 0.163. The normalized spacial score (nSPS) is 13.6. The lowest BCUT2D eigenvalue weighted by atomic mass is 10.1. The predicted octanol–water partition coefficient (Wildman–Crippen LogP) is 2.05. The van der Waals surface area contributed by atoms with Gasteiger partial charge in [-0.25, -0.2) is 5.48 Å². The molecule has 41 heavy (non-hydrogen) atoms. The first kappa shape index (κ1) is 30.8. The number of hydroxylamine groups is 1. The molecule has 0 aliphatic carbocycles. The molecular weight excluding hydrogens is 520 g/mol. The van der Waals surface area contributed by atoms with Gasteiger partial charge in [0.05, 0.1) is 6.54 Å². The molecule has 10 heteroatoms. The highest BCUT2D eigenvalue weighted by Gasteiger charge is 2.20. The first-order chi connectivity index (χ1) is 19.4. The first-order valence-electron chi connectivity index (χ1n) is 12.9. The van der Waals surface area contributed by atoms with Crippen molar-refractivity contribution < 1.29 is 19.6 Å². The molecule has 214 valence electrons. The first-order valence-corrected chi connectivity index (χ1v) is 12.9. The molecule has 0 aromatic heterocycles. The summed E-state index contributed by atoms with van der Waals surface area (Å²) in [5, 5.41) is 14.1. The van der Waals surface area contributed by atoms with E-state index in [-0.39, 0.29) is 19.9 Å². The Morgan fingerprint density at radius 1 is 0.854 bits per heavy atom. The summed E-state index contributed by atoms with van der Waals surface area (Å²) < 4.78 is 0. The second-order valence-corrected chi connectivity index (χ2v) is 9.29. The largest absolute Gasteiger partial charge is 0.369 e. The van der Waals surface area contributed by atoms with Crippen LogP contribution in [0.25, 0.3) is 0 Å². The number of nitrogens with zero attached hydrogens (tertiary/aromatic N) is 2. The Hall–Kier alpha value is -4.69. The Morgan fingerprint density at radius 3 is 2.00 bits per heavy atom. The summed E-state index contributed by atoms with van der Waals surface area (Å²) in [5.41, 5.74) is 10.7. The molecule has 10 nitrogen and oxygen atoms in total. The second-order valence-electron chi connectivity index (χ2n) is 9.29. The van der Waals surface area contributed by atoms with Gasteiger partial charge in [-0.2, -0.15) is 0 Å². The van der Waals surface area contributed by atoms with Crippen LogP contribution < -0.4 is 26.7 Å². The number of benzene rings is 3. The van der Waals surface area contributed by atoms with E-state index in [1.807, 2.05) is 42.5 Å². The van der Waals surface area contributed by atoms with E-state index in [4.69, 9.17) is 10.9 Å². The van der Waals surface area contributed by atoms with Crippen LogP contribution in [0.5, 0.6) is 0 Å². The van der Waals surface area contributed by atoms with E-state index in [0.29, 0.717) is 23.4 Å². The molecule has 3 amide bonds. The second kappa shape index (κ2) is 15.2. The maximum absolute atomic E-state index is 12.6. The Morgan fingerprint density at radius 2 is 1.44 bits per heavy atom. The zero-order chi connectivity index (χ0) is 28.3. The molecule has 3 aromatic rings. The number of anilines is 2. The lowest BCUT2D eigenvalue weighted by Crippen LogP contribution is -2.50. The summed E-state index contributed by atoms with van der Waals surface area (Å²) in [6.07, 6.45) is 0. The van der Waals surface area contributed by atoms with Gasteiger partial charge in [0.15, 0.2) is 0 Å². The van der Waals surface area contributed by atoms with Crippen LogP contribution in [0.15, 0.2) is 78.9 Å². The van der Waals surface area contributed by atoms with Crippen LogP contribution in [-0.2, 0) is 9.59 Å². The number of carbonyl (C=O) groups excluding carboxylic acids is 3. The molecule has 0 saturated carbocycles. The van der Waals surface area contributed by atoms with Gasteiger partial charge in [-0.1, -0.05) is 37.5 Å². The third-order valence-electron chi connectivity index (χ3n) is 6.50. The van der Waals surface area contributed by atoms with Gasteiger partial charge in [-0.15, -0.1) is 0 Å². The van der Waals surface area contributed by atoms with Crippen molar-refractivity contribution in [3.8, 4) is 11.8 Å². The molecular formula is C31H36N6O4. The van der Waals surface area contributed by atoms with E-state index < -0.39 is 17.9 Å². The van der Waals surface area contributed by atoms with Gasteiger partial charge in [0, 0.05) is 60.8 Å². The van der Waals surface area contributed by atoms with Crippen LogP contribution >= 0.6 is 0 Å². The van der Waals surface area contributed by atoms with Crippen molar-refractivity contribution in [1.29, 1.82) is 0 Å². The number of nitrogens with one attached hydrogen (secondary N) is 3. The third kappa shape index (κ3) is 8.91.